The van der Waals surface area contributed by atoms with Crippen molar-refractivity contribution in [1.29, 1.82) is 0 Å². The summed E-state index contributed by atoms with van der Waals surface area (Å²) in [4.78, 5) is 12.0. The van der Waals surface area contributed by atoms with Crippen molar-refractivity contribution in [1.82, 2.24) is 5.32 Å². The van der Waals surface area contributed by atoms with Gasteiger partial charge in [-0.15, -0.1) is 0 Å². The quantitative estimate of drug-likeness (QED) is 0.901. The van der Waals surface area contributed by atoms with Crippen LogP contribution < -0.4 is 5.32 Å². The van der Waals surface area contributed by atoms with Gasteiger partial charge in [-0.25, -0.2) is 12.8 Å². The monoisotopic (exact) mass is 327 g/mol. The summed E-state index contributed by atoms with van der Waals surface area (Å²) in [6, 6.07) is 6.37. The van der Waals surface area contributed by atoms with Gasteiger partial charge in [-0.05, 0) is 37.5 Å². The lowest BCUT2D eigenvalue weighted by Gasteiger charge is -2.30. The van der Waals surface area contributed by atoms with E-state index in [0.717, 1.165) is 37.5 Å². The summed E-state index contributed by atoms with van der Waals surface area (Å²) in [5.41, 5.74) is 0.777. The third kappa shape index (κ3) is 3.66. The minimum Gasteiger partial charge on any atom is -0.354 e. The third-order valence-corrected chi connectivity index (χ3v) is 6.13. The van der Waals surface area contributed by atoms with Crippen molar-refractivity contribution in [2.24, 2.45) is 0 Å². The summed E-state index contributed by atoms with van der Waals surface area (Å²) >= 11 is 0. The van der Waals surface area contributed by atoms with Crippen LogP contribution in [0, 0.1) is 5.82 Å². The van der Waals surface area contributed by atoms with Crippen LogP contribution in [0.2, 0.25) is 0 Å². The minimum atomic E-state index is -3.40. The minimum absolute atomic E-state index is 0.222. The molecule has 0 aliphatic heterocycles. The van der Waals surface area contributed by atoms with E-state index in [2.05, 4.69) is 5.32 Å². The lowest BCUT2D eigenvalue weighted by molar-refractivity contribution is -0.120. The molecule has 1 unspecified atom stereocenters. The number of carbonyl (C=O) groups excluding carboxylic acids is 1. The molecule has 1 aliphatic carbocycles. The van der Waals surface area contributed by atoms with Crippen LogP contribution in [0.4, 0.5) is 4.39 Å². The zero-order chi connectivity index (χ0) is 16.4. The first-order chi connectivity index (χ1) is 10.2. The molecule has 1 fully saturated rings. The highest BCUT2D eigenvalue weighted by Gasteiger charge is 2.36. The molecule has 22 heavy (non-hydrogen) atoms. The predicted octanol–water partition coefficient (Wildman–Crippen LogP) is 2.19. The summed E-state index contributed by atoms with van der Waals surface area (Å²) in [6.07, 6.45) is 4.98. The number of halogens is 1. The molecule has 1 amide bonds. The Kier molecular flexibility index (Phi) is 4.90. The summed E-state index contributed by atoms with van der Waals surface area (Å²) in [5, 5.41) is 1.72. The largest absolute Gasteiger partial charge is 0.354 e. The first-order valence-corrected chi connectivity index (χ1v) is 9.43. The average Bonchev–Trinajstić information content (AvgIpc) is 2.93. The van der Waals surface area contributed by atoms with E-state index < -0.39 is 21.0 Å². The number of benzene rings is 1. The van der Waals surface area contributed by atoms with Gasteiger partial charge >= 0.3 is 0 Å². The topological polar surface area (TPSA) is 63.2 Å². The van der Waals surface area contributed by atoms with Crippen molar-refractivity contribution in [3.8, 4) is 0 Å². The van der Waals surface area contributed by atoms with Crippen LogP contribution in [-0.4, -0.2) is 32.4 Å². The van der Waals surface area contributed by atoms with Crippen LogP contribution in [0.5, 0.6) is 0 Å². The van der Waals surface area contributed by atoms with Crippen LogP contribution in [0.3, 0.4) is 0 Å². The molecule has 0 saturated heterocycles. The molecule has 122 valence electrons. The van der Waals surface area contributed by atoms with E-state index in [-0.39, 0.29) is 11.2 Å². The molecular formula is C16H22FNO3S. The van der Waals surface area contributed by atoms with Crippen molar-refractivity contribution >= 4 is 15.7 Å². The molecule has 1 aromatic rings. The number of hydrogen-bond acceptors (Lipinski definition) is 3. The van der Waals surface area contributed by atoms with Gasteiger partial charge in [-0.2, -0.15) is 0 Å². The van der Waals surface area contributed by atoms with Crippen LogP contribution in [0.25, 0.3) is 0 Å². The third-order valence-electron chi connectivity index (χ3n) is 4.63. The Hall–Kier alpha value is -1.43. The van der Waals surface area contributed by atoms with Crippen LogP contribution in [-0.2, 0) is 20.0 Å². The Balaban J connectivity index is 2.13. The van der Waals surface area contributed by atoms with Gasteiger partial charge in [-0.1, -0.05) is 25.0 Å². The molecule has 1 saturated carbocycles. The summed E-state index contributed by atoms with van der Waals surface area (Å²) < 4.78 is 36.0. The Bertz CT molecular complexity index is 634. The number of hydrogen-bond donors (Lipinski definition) is 1. The molecule has 1 atom stereocenters. The highest BCUT2D eigenvalue weighted by atomic mass is 32.2. The van der Waals surface area contributed by atoms with Gasteiger partial charge in [-0.3, -0.25) is 4.79 Å². The van der Waals surface area contributed by atoms with Crippen molar-refractivity contribution in [2.45, 2.75) is 43.3 Å². The van der Waals surface area contributed by atoms with Crippen molar-refractivity contribution in [3.05, 3.63) is 35.6 Å². The van der Waals surface area contributed by atoms with Crippen LogP contribution >= 0.6 is 0 Å². The Morgan fingerprint density at radius 1 is 1.27 bits per heavy atom. The number of carbonyl (C=O) groups is 1. The van der Waals surface area contributed by atoms with E-state index in [1.807, 2.05) is 0 Å². The fraction of sp³-hybridized carbons (Fsp3) is 0.562. The van der Waals surface area contributed by atoms with Gasteiger partial charge < -0.3 is 5.32 Å². The maximum absolute atomic E-state index is 13.1. The van der Waals surface area contributed by atoms with E-state index in [1.165, 1.54) is 19.1 Å². The molecule has 1 aromatic carbocycles. The van der Waals surface area contributed by atoms with E-state index >= 15 is 0 Å². The SMILES string of the molecule is CC(C(=O)NCC1(c2ccc(F)cc2)CCCC1)S(C)(=O)=O. The summed E-state index contributed by atoms with van der Waals surface area (Å²) in [7, 11) is -3.40. The van der Waals surface area contributed by atoms with E-state index in [9.17, 15) is 17.6 Å². The maximum atomic E-state index is 13.1. The molecule has 0 spiro atoms. The zero-order valence-electron chi connectivity index (χ0n) is 12.9. The fourth-order valence-electron chi connectivity index (χ4n) is 3.02. The van der Waals surface area contributed by atoms with E-state index in [0.29, 0.717) is 6.54 Å². The van der Waals surface area contributed by atoms with Crippen molar-refractivity contribution in [3.63, 3.8) is 0 Å². The van der Waals surface area contributed by atoms with Gasteiger partial charge in [0.05, 0.1) is 0 Å². The highest BCUT2D eigenvalue weighted by molar-refractivity contribution is 7.92. The van der Waals surface area contributed by atoms with Gasteiger partial charge in [0.1, 0.15) is 11.1 Å². The number of sulfone groups is 1. The first kappa shape index (κ1) is 16.9. The van der Waals surface area contributed by atoms with E-state index in [1.54, 1.807) is 12.1 Å². The first-order valence-electron chi connectivity index (χ1n) is 7.47. The summed E-state index contributed by atoms with van der Waals surface area (Å²) in [5.74, 6) is -0.762. The number of amides is 1. The molecular weight excluding hydrogens is 305 g/mol. The second kappa shape index (κ2) is 6.36. The highest BCUT2D eigenvalue weighted by Crippen LogP contribution is 2.40. The molecule has 1 aliphatic rings. The Morgan fingerprint density at radius 2 is 1.82 bits per heavy atom. The molecule has 0 radical (unpaired) electrons. The molecule has 0 bridgehead atoms. The van der Waals surface area contributed by atoms with E-state index in [4.69, 9.17) is 0 Å². The van der Waals surface area contributed by atoms with Crippen molar-refractivity contribution < 1.29 is 17.6 Å². The smallest absolute Gasteiger partial charge is 0.238 e. The maximum Gasteiger partial charge on any atom is 0.238 e. The second-order valence-electron chi connectivity index (χ2n) is 6.18. The Morgan fingerprint density at radius 3 is 2.32 bits per heavy atom. The number of rotatable bonds is 5. The van der Waals surface area contributed by atoms with Gasteiger partial charge in [0.25, 0.3) is 0 Å². The molecule has 0 aromatic heterocycles. The molecule has 6 heteroatoms. The number of nitrogens with one attached hydrogen (secondary N) is 1. The van der Waals surface area contributed by atoms with Crippen molar-refractivity contribution in [2.75, 3.05) is 12.8 Å². The molecule has 4 nitrogen and oxygen atoms in total. The lowest BCUT2D eigenvalue weighted by Crippen LogP contribution is -2.44. The van der Waals surface area contributed by atoms with Gasteiger partial charge in [0.15, 0.2) is 9.84 Å². The lowest BCUT2D eigenvalue weighted by atomic mass is 9.79. The fourth-order valence-corrected chi connectivity index (χ4v) is 3.49. The van der Waals surface area contributed by atoms with Crippen LogP contribution in [0.15, 0.2) is 24.3 Å². The van der Waals surface area contributed by atoms with Crippen LogP contribution in [0.1, 0.15) is 38.2 Å². The standard InChI is InChI=1S/C16H22FNO3S/c1-12(22(2,20)21)15(19)18-11-16(9-3-4-10-16)13-5-7-14(17)8-6-13/h5-8,12H,3-4,9-11H2,1-2H3,(H,18,19). The van der Waals surface area contributed by atoms with Gasteiger partial charge in [0.2, 0.25) is 5.91 Å². The summed E-state index contributed by atoms with van der Waals surface area (Å²) in [6.45, 7) is 1.78. The average molecular weight is 327 g/mol. The zero-order valence-corrected chi connectivity index (χ0v) is 13.7. The second-order valence-corrected chi connectivity index (χ2v) is 8.55. The molecule has 2 rings (SSSR count). The normalized spacial score (nSPS) is 18.9. The van der Waals surface area contributed by atoms with Gasteiger partial charge in [0, 0.05) is 18.2 Å². The molecule has 0 heterocycles. The Labute approximate surface area is 131 Å². The molecule has 1 N–H and O–H groups in total. The predicted molar refractivity (Wildman–Crippen MR) is 83.9 cm³/mol.